The van der Waals surface area contributed by atoms with Crippen LogP contribution in [0.1, 0.15) is 73.5 Å². The summed E-state index contributed by atoms with van der Waals surface area (Å²) in [5.41, 5.74) is 0.746. The average Bonchev–Trinajstić information content (AvgIpc) is 3.78. The van der Waals surface area contributed by atoms with Crippen LogP contribution in [0, 0.1) is 0 Å². The Morgan fingerprint density at radius 1 is 0.603 bits per heavy atom. The highest BCUT2D eigenvalue weighted by Crippen LogP contribution is 2.33. The summed E-state index contributed by atoms with van der Waals surface area (Å²) in [6.07, 6.45) is 2.96. The largest absolute Gasteiger partial charge is 0.481 e. The molecule has 2 aliphatic rings. The van der Waals surface area contributed by atoms with Crippen molar-refractivity contribution in [2.24, 2.45) is 0 Å². The molecule has 0 aliphatic carbocycles. The highest BCUT2D eigenvalue weighted by atomic mass is 32.2. The fourth-order valence-electron chi connectivity index (χ4n) is 5.68. The fourth-order valence-corrected chi connectivity index (χ4v) is 7.23. The summed E-state index contributed by atoms with van der Waals surface area (Å²) in [5, 5.41) is 17.7. The highest BCUT2D eigenvalue weighted by Gasteiger charge is 2.42. The molecule has 0 radical (unpaired) electrons. The lowest BCUT2D eigenvalue weighted by Gasteiger charge is -2.16. The lowest BCUT2D eigenvalue weighted by atomic mass is 10.0. The topological polar surface area (TPSA) is 240 Å². The van der Waals surface area contributed by atoms with Crippen LogP contribution in [0.5, 0.6) is 0 Å². The number of hydrogen-bond donors (Lipinski definition) is 4. The van der Waals surface area contributed by atoms with E-state index in [0.29, 0.717) is 31.4 Å². The minimum Gasteiger partial charge on any atom is -0.481 e. The number of fused-ring (bicyclic) bond motifs is 1. The molecule has 2 aliphatic heterocycles. The van der Waals surface area contributed by atoms with Crippen molar-refractivity contribution in [2.45, 2.75) is 49.4 Å². The molecule has 2 heterocycles. The molecule has 2 fully saturated rings. The lowest BCUT2D eigenvalue weighted by Crippen LogP contribution is -2.36. The van der Waals surface area contributed by atoms with Gasteiger partial charge in [-0.3, -0.25) is 9.59 Å². The second-order valence-corrected chi connectivity index (χ2v) is 14.2. The van der Waals surface area contributed by atoms with Gasteiger partial charge in [-0.25, -0.2) is 24.0 Å². The predicted octanol–water partition coefficient (Wildman–Crippen LogP) is 2.38. The van der Waals surface area contributed by atoms with E-state index in [1.54, 1.807) is 0 Å². The van der Waals surface area contributed by atoms with Gasteiger partial charge in [-0.15, -0.1) is 0 Å². The standard InChI is InChI=1S/C39H49N3O15S/c43-32(4-2-1-3-31-34-30(25-58-31)41-39(50)42-34)40-14-16-52-17-18-53-20-22-55-36(47)27-7-11-29(12-8-27)38(49)57-24-23-56-37(48)28-9-5-26(6-10-28)35(46)54-21-19-51-15-13-33(44)45/h5-12,30-31,34H,1-4,13-25H2,(H,40,43)(H,44,45)(H2,41,42,50)/t30-,31?,34-/m1/s1. The van der Waals surface area contributed by atoms with Crippen LogP contribution in [0.2, 0.25) is 0 Å². The number of unbranched alkanes of at least 4 members (excludes halogenated alkanes) is 1. The Morgan fingerprint density at radius 3 is 1.55 bits per heavy atom. The zero-order valence-corrected chi connectivity index (χ0v) is 32.8. The van der Waals surface area contributed by atoms with Crippen molar-refractivity contribution in [1.29, 1.82) is 0 Å². The Kier molecular flexibility index (Phi) is 19.7. The first-order valence-corrected chi connectivity index (χ1v) is 19.9. The summed E-state index contributed by atoms with van der Waals surface area (Å²) >= 11 is 1.87. The van der Waals surface area contributed by atoms with Gasteiger partial charge in [0.25, 0.3) is 0 Å². The molecule has 2 aromatic rings. The molecule has 0 saturated carbocycles. The molecule has 2 saturated heterocycles. The molecule has 3 amide bonds. The van der Waals surface area contributed by atoms with E-state index in [-0.39, 0.29) is 106 Å². The van der Waals surface area contributed by atoms with Crippen molar-refractivity contribution < 1.29 is 71.8 Å². The van der Waals surface area contributed by atoms with Gasteiger partial charge in [-0.1, -0.05) is 6.42 Å². The van der Waals surface area contributed by atoms with Crippen molar-refractivity contribution in [1.82, 2.24) is 16.0 Å². The van der Waals surface area contributed by atoms with Crippen molar-refractivity contribution in [3.63, 3.8) is 0 Å². The molecule has 1 unspecified atom stereocenters. The van der Waals surface area contributed by atoms with Crippen LogP contribution in [0.25, 0.3) is 0 Å². The Labute approximate surface area is 339 Å². The van der Waals surface area contributed by atoms with E-state index in [2.05, 4.69) is 16.0 Å². The molecule has 316 valence electrons. The number of ether oxygens (including phenoxy) is 7. The van der Waals surface area contributed by atoms with E-state index in [1.807, 2.05) is 11.8 Å². The number of thioether (sulfide) groups is 1. The molecule has 58 heavy (non-hydrogen) atoms. The normalized spacial score (nSPS) is 16.7. The molecular weight excluding hydrogens is 783 g/mol. The minimum absolute atomic E-state index is 0.00527. The maximum atomic E-state index is 12.4. The number of carboxylic acids is 1. The Hall–Kier alpha value is -5.24. The smallest absolute Gasteiger partial charge is 0.338 e. The van der Waals surface area contributed by atoms with E-state index >= 15 is 0 Å². The van der Waals surface area contributed by atoms with Crippen molar-refractivity contribution >= 4 is 53.5 Å². The summed E-state index contributed by atoms with van der Waals surface area (Å²) in [6.45, 7) is 1.02. The van der Waals surface area contributed by atoms with Gasteiger partial charge in [0.05, 0.1) is 80.4 Å². The van der Waals surface area contributed by atoms with Gasteiger partial charge in [0.2, 0.25) is 5.91 Å². The molecule has 4 rings (SSSR count). The van der Waals surface area contributed by atoms with Gasteiger partial charge in [-0.05, 0) is 61.4 Å². The van der Waals surface area contributed by atoms with Crippen molar-refractivity contribution in [3.05, 3.63) is 70.8 Å². The number of urea groups is 1. The first-order chi connectivity index (χ1) is 28.1. The van der Waals surface area contributed by atoms with Crippen LogP contribution in [0.4, 0.5) is 4.79 Å². The average molecular weight is 832 g/mol. The van der Waals surface area contributed by atoms with Crippen LogP contribution < -0.4 is 16.0 Å². The number of hydrogen-bond acceptors (Lipinski definition) is 15. The molecular formula is C39H49N3O15S. The number of aliphatic carboxylic acids is 1. The zero-order chi connectivity index (χ0) is 41.5. The van der Waals surface area contributed by atoms with E-state index in [4.69, 9.17) is 38.3 Å². The third-order valence-corrected chi connectivity index (χ3v) is 10.2. The van der Waals surface area contributed by atoms with Gasteiger partial charge in [0.1, 0.15) is 26.4 Å². The van der Waals surface area contributed by atoms with Crippen LogP contribution in [-0.4, -0.2) is 143 Å². The summed E-state index contributed by atoms with van der Waals surface area (Å²) in [5.74, 6) is -2.72. The highest BCUT2D eigenvalue weighted by molar-refractivity contribution is 8.00. The van der Waals surface area contributed by atoms with Crippen molar-refractivity contribution in [2.75, 3.05) is 78.4 Å². The number of carbonyl (C=O) groups is 7. The van der Waals surface area contributed by atoms with E-state index in [0.717, 1.165) is 25.0 Å². The third kappa shape index (κ3) is 16.3. The van der Waals surface area contributed by atoms with E-state index in [1.165, 1.54) is 48.5 Å². The zero-order valence-electron chi connectivity index (χ0n) is 31.9. The summed E-state index contributed by atoms with van der Waals surface area (Å²) in [4.78, 5) is 83.2. The van der Waals surface area contributed by atoms with Crippen LogP contribution in [0.15, 0.2) is 48.5 Å². The van der Waals surface area contributed by atoms with Gasteiger partial charge in [0.15, 0.2) is 0 Å². The fraction of sp³-hybridized carbons (Fsp3) is 0.513. The van der Waals surface area contributed by atoms with Crippen molar-refractivity contribution in [3.8, 4) is 0 Å². The predicted molar refractivity (Wildman–Crippen MR) is 206 cm³/mol. The van der Waals surface area contributed by atoms with Crippen LogP contribution >= 0.6 is 11.8 Å². The molecule has 18 nitrogen and oxygen atoms in total. The Bertz CT molecular complexity index is 1680. The molecule has 0 aromatic heterocycles. The van der Waals surface area contributed by atoms with Crippen LogP contribution in [-0.2, 0) is 42.7 Å². The van der Waals surface area contributed by atoms with Gasteiger partial charge in [-0.2, -0.15) is 11.8 Å². The minimum atomic E-state index is -0.992. The summed E-state index contributed by atoms with van der Waals surface area (Å²) in [6, 6.07) is 11.5. The second-order valence-electron chi connectivity index (χ2n) is 12.9. The lowest BCUT2D eigenvalue weighted by molar-refractivity contribution is -0.138. The molecule has 0 bridgehead atoms. The van der Waals surface area contributed by atoms with Gasteiger partial charge in [0, 0.05) is 24.0 Å². The van der Waals surface area contributed by atoms with Crippen LogP contribution in [0.3, 0.4) is 0 Å². The summed E-state index contributed by atoms with van der Waals surface area (Å²) in [7, 11) is 0. The number of amides is 3. The summed E-state index contributed by atoms with van der Waals surface area (Å²) < 4.78 is 36.4. The van der Waals surface area contributed by atoms with E-state index in [9.17, 15) is 33.6 Å². The maximum Gasteiger partial charge on any atom is 0.338 e. The number of nitrogens with one attached hydrogen (secondary N) is 3. The number of carboxylic acid groups (broad SMARTS) is 1. The molecule has 3 atom stereocenters. The third-order valence-electron chi connectivity index (χ3n) is 8.67. The number of carbonyl (C=O) groups excluding carboxylic acids is 6. The van der Waals surface area contributed by atoms with Gasteiger partial charge < -0.3 is 54.2 Å². The first kappa shape index (κ1) is 45.5. The molecule has 2 aromatic carbocycles. The quantitative estimate of drug-likeness (QED) is 0.0437. The maximum absolute atomic E-state index is 12.4. The number of esters is 4. The Morgan fingerprint density at radius 2 is 1.05 bits per heavy atom. The SMILES string of the molecule is O=C(O)CCOCCOC(=O)c1ccc(C(=O)OCCOC(=O)c2ccc(C(=O)OCCOCCOCCNC(=O)CCCCC3SC[C@H]4NC(=O)N[C@@H]34)cc2)cc1. The first-order valence-electron chi connectivity index (χ1n) is 18.9. The molecule has 0 spiro atoms. The monoisotopic (exact) mass is 831 g/mol. The number of benzene rings is 2. The van der Waals surface area contributed by atoms with Gasteiger partial charge >= 0.3 is 35.9 Å². The molecule has 19 heteroatoms. The Balaban J connectivity index is 0.955. The number of rotatable bonds is 27. The molecule has 4 N–H and O–H groups in total. The van der Waals surface area contributed by atoms with E-state index < -0.39 is 29.8 Å². The second kappa shape index (κ2) is 25.2.